The maximum Gasteiger partial charge on any atom is 0.165 e. The van der Waals surface area contributed by atoms with E-state index in [1.807, 2.05) is 30.3 Å². The topological polar surface area (TPSA) is 50.7 Å². The lowest BCUT2D eigenvalue weighted by atomic mass is 10.1. The van der Waals surface area contributed by atoms with E-state index in [0.29, 0.717) is 26.2 Å². The summed E-state index contributed by atoms with van der Waals surface area (Å²) in [6, 6.07) is 14.2. The van der Waals surface area contributed by atoms with E-state index >= 15 is 0 Å². The van der Waals surface area contributed by atoms with Gasteiger partial charge in [0.15, 0.2) is 11.5 Å². The molecule has 4 rings (SSSR count). The second-order valence-electron chi connectivity index (χ2n) is 6.12. The number of rotatable bonds is 3. The normalized spacial score (nSPS) is 22.5. The first-order valence-corrected chi connectivity index (χ1v) is 8.19. The highest BCUT2D eigenvalue weighted by Crippen LogP contribution is 2.35. The van der Waals surface area contributed by atoms with Crippen LogP contribution in [0.4, 0.5) is 0 Å². The average molecular weight is 311 g/mol. The summed E-state index contributed by atoms with van der Waals surface area (Å²) in [7, 11) is 0. The van der Waals surface area contributed by atoms with Gasteiger partial charge in [0.1, 0.15) is 0 Å². The summed E-state index contributed by atoms with van der Waals surface area (Å²) < 4.78 is 11.6. The molecule has 2 N–H and O–H groups in total. The maximum atomic E-state index is 10.4. The second kappa shape index (κ2) is 6.22. The summed E-state index contributed by atoms with van der Waals surface area (Å²) in [6.07, 6.45) is 1.23. The molecular weight excluding hydrogens is 290 g/mol. The molecule has 23 heavy (non-hydrogen) atoms. The Bertz CT molecular complexity index is 701. The Hall–Kier alpha value is -2.04. The molecule has 0 unspecified atom stereocenters. The SMILES string of the molecule is O[C@H]1Cc2ccccc2[C@H]1NCc1cccc2c1OCCCO2. The first kappa shape index (κ1) is 14.5. The number of fused-ring (bicyclic) bond motifs is 2. The zero-order valence-corrected chi connectivity index (χ0v) is 13.0. The van der Waals surface area contributed by atoms with Crippen molar-refractivity contribution in [1.82, 2.24) is 5.32 Å². The van der Waals surface area contributed by atoms with Crippen LogP contribution in [0.1, 0.15) is 29.2 Å². The summed E-state index contributed by atoms with van der Waals surface area (Å²) in [5.41, 5.74) is 3.49. The van der Waals surface area contributed by atoms with Crippen molar-refractivity contribution in [1.29, 1.82) is 0 Å². The van der Waals surface area contributed by atoms with Gasteiger partial charge < -0.3 is 19.9 Å². The van der Waals surface area contributed by atoms with Gasteiger partial charge in [-0.15, -0.1) is 0 Å². The number of para-hydroxylation sites is 1. The molecular formula is C19H21NO3. The fourth-order valence-electron chi connectivity index (χ4n) is 3.43. The molecule has 4 heteroatoms. The van der Waals surface area contributed by atoms with Crippen molar-refractivity contribution in [2.75, 3.05) is 13.2 Å². The van der Waals surface area contributed by atoms with Crippen molar-refractivity contribution in [3.05, 3.63) is 59.2 Å². The lowest BCUT2D eigenvalue weighted by Crippen LogP contribution is -2.28. The Morgan fingerprint density at radius 2 is 1.91 bits per heavy atom. The molecule has 1 aliphatic carbocycles. The van der Waals surface area contributed by atoms with Gasteiger partial charge in [0.25, 0.3) is 0 Å². The van der Waals surface area contributed by atoms with E-state index in [1.54, 1.807) is 0 Å². The van der Waals surface area contributed by atoms with Gasteiger partial charge in [-0.3, -0.25) is 0 Å². The summed E-state index contributed by atoms with van der Waals surface area (Å²) in [5.74, 6) is 1.65. The van der Waals surface area contributed by atoms with E-state index in [9.17, 15) is 5.11 Å². The van der Waals surface area contributed by atoms with Crippen LogP contribution in [0.25, 0.3) is 0 Å². The zero-order chi connectivity index (χ0) is 15.6. The predicted octanol–water partition coefficient (Wildman–Crippen LogP) is 2.60. The van der Waals surface area contributed by atoms with Crippen LogP contribution in [0.15, 0.2) is 42.5 Å². The quantitative estimate of drug-likeness (QED) is 0.915. The molecule has 1 heterocycles. The van der Waals surface area contributed by atoms with Crippen LogP contribution in [0.5, 0.6) is 11.5 Å². The lowest BCUT2D eigenvalue weighted by Gasteiger charge is -2.19. The Kier molecular flexibility index (Phi) is 3.93. The van der Waals surface area contributed by atoms with Crippen LogP contribution >= 0.6 is 0 Å². The third kappa shape index (κ3) is 2.80. The van der Waals surface area contributed by atoms with Crippen LogP contribution in [-0.4, -0.2) is 24.4 Å². The van der Waals surface area contributed by atoms with Crippen molar-refractivity contribution in [3.8, 4) is 11.5 Å². The average Bonchev–Trinajstić information content (AvgIpc) is 2.74. The number of benzene rings is 2. The Morgan fingerprint density at radius 3 is 2.87 bits per heavy atom. The Balaban J connectivity index is 1.54. The van der Waals surface area contributed by atoms with Crippen LogP contribution in [-0.2, 0) is 13.0 Å². The van der Waals surface area contributed by atoms with Gasteiger partial charge in [0, 0.05) is 24.9 Å². The Morgan fingerprint density at radius 1 is 1.04 bits per heavy atom. The number of nitrogens with one attached hydrogen (secondary N) is 1. The molecule has 120 valence electrons. The molecule has 2 aromatic carbocycles. The molecule has 2 aromatic rings. The number of hydrogen-bond donors (Lipinski definition) is 2. The highest BCUT2D eigenvalue weighted by atomic mass is 16.5. The summed E-state index contributed by atoms with van der Waals surface area (Å²) in [6.45, 7) is 2.01. The van der Waals surface area contributed by atoms with Crippen molar-refractivity contribution < 1.29 is 14.6 Å². The predicted molar refractivity (Wildman–Crippen MR) is 87.8 cm³/mol. The molecule has 4 nitrogen and oxygen atoms in total. The molecule has 2 aliphatic rings. The van der Waals surface area contributed by atoms with Crippen molar-refractivity contribution in [2.24, 2.45) is 0 Å². The van der Waals surface area contributed by atoms with E-state index in [-0.39, 0.29) is 12.1 Å². The van der Waals surface area contributed by atoms with E-state index in [4.69, 9.17) is 9.47 Å². The fourth-order valence-corrected chi connectivity index (χ4v) is 3.43. The van der Waals surface area contributed by atoms with Crippen LogP contribution < -0.4 is 14.8 Å². The third-order valence-corrected chi connectivity index (χ3v) is 4.57. The lowest BCUT2D eigenvalue weighted by molar-refractivity contribution is 0.140. The zero-order valence-electron chi connectivity index (χ0n) is 13.0. The van der Waals surface area contributed by atoms with E-state index < -0.39 is 0 Å². The summed E-state index contributed by atoms with van der Waals surface area (Å²) >= 11 is 0. The minimum absolute atomic E-state index is 0.0336. The first-order valence-electron chi connectivity index (χ1n) is 8.19. The van der Waals surface area contributed by atoms with Crippen molar-refractivity contribution in [2.45, 2.75) is 31.5 Å². The Labute approximate surface area is 136 Å². The van der Waals surface area contributed by atoms with Gasteiger partial charge in [-0.1, -0.05) is 36.4 Å². The highest BCUT2D eigenvalue weighted by Gasteiger charge is 2.30. The molecule has 0 saturated heterocycles. The molecule has 1 aliphatic heterocycles. The van der Waals surface area contributed by atoms with E-state index in [0.717, 1.165) is 23.5 Å². The molecule has 0 saturated carbocycles. The largest absolute Gasteiger partial charge is 0.490 e. The molecule has 0 amide bonds. The molecule has 2 atom stereocenters. The minimum atomic E-state index is -0.383. The van der Waals surface area contributed by atoms with Gasteiger partial charge in [-0.25, -0.2) is 0 Å². The minimum Gasteiger partial charge on any atom is -0.490 e. The number of aliphatic hydroxyl groups is 1. The van der Waals surface area contributed by atoms with Crippen molar-refractivity contribution in [3.63, 3.8) is 0 Å². The summed E-state index contributed by atoms with van der Waals surface area (Å²) in [5, 5.41) is 13.8. The standard InChI is InChI=1S/C19H21NO3/c21-16-11-13-5-1-2-7-15(13)18(16)20-12-14-6-3-8-17-19(14)23-10-4-9-22-17/h1-3,5-8,16,18,20-21H,4,9-12H2/t16-,18+/m0/s1. The van der Waals surface area contributed by atoms with Gasteiger partial charge in [0.05, 0.1) is 25.4 Å². The van der Waals surface area contributed by atoms with Crippen LogP contribution in [0.2, 0.25) is 0 Å². The van der Waals surface area contributed by atoms with Gasteiger partial charge >= 0.3 is 0 Å². The van der Waals surface area contributed by atoms with Crippen LogP contribution in [0.3, 0.4) is 0 Å². The monoisotopic (exact) mass is 311 g/mol. The van der Waals surface area contributed by atoms with Gasteiger partial charge in [0.2, 0.25) is 0 Å². The molecule has 0 bridgehead atoms. The number of ether oxygens (including phenoxy) is 2. The van der Waals surface area contributed by atoms with Crippen LogP contribution in [0, 0.1) is 0 Å². The summed E-state index contributed by atoms with van der Waals surface area (Å²) in [4.78, 5) is 0. The molecule has 0 fully saturated rings. The fraction of sp³-hybridized carbons (Fsp3) is 0.368. The van der Waals surface area contributed by atoms with Crippen molar-refractivity contribution >= 4 is 0 Å². The number of aliphatic hydroxyl groups excluding tert-OH is 1. The second-order valence-corrected chi connectivity index (χ2v) is 6.12. The first-order chi connectivity index (χ1) is 11.3. The smallest absolute Gasteiger partial charge is 0.165 e. The van der Waals surface area contributed by atoms with E-state index in [2.05, 4.69) is 17.4 Å². The highest BCUT2D eigenvalue weighted by molar-refractivity contribution is 5.47. The molecule has 0 radical (unpaired) electrons. The maximum absolute atomic E-state index is 10.4. The third-order valence-electron chi connectivity index (χ3n) is 4.57. The van der Waals surface area contributed by atoms with E-state index in [1.165, 1.54) is 11.1 Å². The van der Waals surface area contributed by atoms with Gasteiger partial charge in [-0.2, -0.15) is 0 Å². The number of hydrogen-bond acceptors (Lipinski definition) is 4. The van der Waals surface area contributed by atoms with Gasteiger partial charge in [-0.05, 0) is 17.2 Å². The molecule has 0 spiro atoms. The molecule has 0 aromatic heterocycles.